The molecule has 4 rings (SSSR count). The first kappa shape index (κ1) is 21.1. The van der Waals surface area contributed by atoms with Crippen LogP contribution in [-0.2, 0) is 6.54 Å². The molecule has 162 valence electrons. The Morgan fingerprint density at radius 3 is 2.58 bits per heavy atom. The monoisotopic (exact) mass is 419 g/mol. The number of nitrogens with zero attached hydrogens (tertiary/aromatic N) is 4. The van der Waals surface area contributed by atoms with E-state index >= 15 is 0 Å². The van der Waals surface area contributed by atoms with E-state index in [2.05, 4.69) is 15.2 Å². The summed E-state index contributed by atoms with van der Waals surface area (Å²) in [4.78, 5) is 21.7. The summed E-state index contributed by atoms with van der Waals surface area (Å²) in [5.41, 5.74) is 1.20. The molecular weight excluding hydrogens is 390 g/mol. The molecule has 7 nitrogen and oxygen atoms in total. The molecule has 1 aliphatic rings. The number of hydrogen-bond acceptors (Lipinski definition) is 5. The Bertz CT molecular complexity index is 1040. The number of aryl methyl sites for hydroxylation is 1. The summed E-state index contributed by atoms with van der Waals surface area (Å²) < 4.78 is 1.94. The van der Waals surface area contributed by atoms with Crippen LogP contribution in [0.3, 0.4) is 0 Å². The van der Waals surface area contributed by atoms with Gasteiger partial charge in [0.25, 0.3) is 5.91 Å². The summed E-state index contributed by atoms with van der Waals surface area (Å²) in [5.74, 6) is 0.755. The van der Waals surface area contributed by atoms with Gasteiger partial charge in [-0.25, -0.2) is 4.98 Å². The first-order valence-electron chi connectivity index (χ1n) is 10.5. The van der Waals surface area contributed by atoms with Gasteiger partial charge in [0.1, 0.15) is 11.4 Å². The van der Waals surface area contributed by atoms with E-state index in [-0.39, 0.29) is 12.5 Å². The Morgan fingerprint density at radius 1 is 1.10 bits per heavy atom. The van der Waals surface area contributed by atoms with E-state index in [1.807, 2.05) is 79.3 Å². The second-order valence-corrected chi connectivity index (χ2v) is 8.33. The molecule has 1 atom stereocenters. The second-order valence-electron chi connectivity index (χ2n) is 8.33. The van der Waals surface area contributed by atoms with Crippen molar-refractivity contribution >= 4 is 17.3 Å². The Hall–Kier alpha value is -3.16. The number of carbonyl (C=O) groups excluding carboxylic acids is 1. The zero-order valence-corrected chi connectivity index (χ0v) is 18.0. The summed E-state index contributed by atoms with van der Waals surface area (Å²) in [6.45, 7) is 4.30. The highest BCUT2D eigenvalue weighted by Crippen LogP contribution is 2.24. The molecule has 7 heteroatoms. The molecule has 0 saturated carbocycles. The lowest BCUT2D eigenvalue weighted by atomic mass is 10.0. The summed E-state index contributed by atoms with van der Waals surface area (Å²) in [5, 5.41) is 14.8. The van der Waals surface area contributed by atoms with Crippen molar-refractivity contribution in [1.82, 2.24) is 19.4 Å². The van der Waals surface area contributed by atoms with E-state index in [9.17, 15) is 9.90 Å². The van der Waals surface area contributed by atoms with Crippen LogP contribution in [-0.4, -0.2) is 69.2 Å². The number of nitrogens with one attached hydrogen (secondary N) is 1. The molecule has 31 heavy (non-hydrogen) atoms. The largest absolute Gasteiger partial charge is 0.385 e. The van der Waals surface area contributed by atoms with Crippen molar-refractivity contribution in [3.63, 3.8) is 0 Å². The Labute approximate surface area is 182 Å². The van der Waals surface area contributed by atoms with Gasteiger partial charge in [-0.15, -0.1) is 0 Å². The Morgan fingerprint density at radius 2 is 1.84 bits per heavy atom. The van der Waals surface area contributed by atoms with Gasteiger partial charge in [-0.05, 0) is 38.2 Å². The third-order valence-corrected chi connectivity index (χ3v) is 5.69. The molecule has 1 aliphatic heterocycles. The fourth-order valence-electron chi connectivity index (χ4n) is 4.14. The van der Waals surface area contributed by atoms with Crippen LogP contribution in [0.2, 0.25) is 0 Å². The smallest absolute Gasteiger partial charge is 0.256 e. The number of para-hydroxylation sites is 2. The highest BCUT2D eigenvalue weighted by molar-refractivity contribution is 6.00. The van der Waals surface area contributed by atoms with Crippen molar-refractivity contribution in [3.05, 3.63) is 78.4 Å². The molecule has 2 N–H and O–H groups in total. The molecule has 2 heterocycles. The van der Waals surface area contributed by atoms with E-state index in [0.717, 1.165) is 17.2 Å². The van der Waals surface area contributed by atoms with Crippen LogP contribution in [0.5, 0.6) is 0 Å². The van der Waals surface area contributed by atoms with Gasteiger partial charge in [0.2, 0.25) is 0 Å². The molecule has 0 spiro atoms. The zero-order valence-electron chi connectivity index (χ0n) is 18.0. The van der Waals surface area contributed by atoms with Crippen molar-refractivity contribution in [3.8, 4) is 0 Å². The van der Waals surface area contributed by atoms with E-state index in [0.29, 0.717) is 31.7 Å². The van der Waals surface area contributed by atoms with Gasteiger partial charge in [0.15, 0.2) is 0 Å². The molecule has 1 fully saturated rings. The van der Waals surface area contributed by atoms with Crippen LogP contribution in [0.4, 0.5) is 11.4 Å². The van der Waals surface area contributed by atoms with Gasteiger partial charge in [-0.2, -0.15) is 0 Å². The van der Waals surface area contributed by atoms with Crippen LogP contribution in [0.1, 0.15) is 16.2 Å². The topological polar surface area (TPSA) is 73.6 Å². The SMILES string of the molecule is Cc1nccn1C[C@@]1(O)CN(C)CCN(C(=O)c2ccccc2Nc2ccccc2)C1. The predicted octanol–water partition coefficient (Wildman–Crippen LogP) is 2.75. The molecule has 0 radical (unpaired) electrons. The molecule has 0 aliphatic carbocycles. The number of carbonyl (C=O) groups is 1. The quantitative estimate of drug-likeness (QED) is 0.665. The second kappa shape index (κ2) is 8.91. The Kier molecular flexibility index (Phi) is 6.06. The molecule has 1 saturated heterocycles. The molecule has 0 unspecified atom stereocenters. The predicted molar refractivity (Wildman–Crippen MR) is 121 cm³/mol. The fraction of sp³-hybridized carbons (Fsp3) is 0.333. The van der Waals surface area contributed by atoms with Gasteiger partial charge < -0.3 is 24.8 Å². The number of imidazole rings is 1. The average Bonchev–Trinajstić information content (AvgIpc) is 3.08. The summed E-state index contributed by atoms with van der Waals surface area (Å²) in [6, 6.07) is 17.3. The first-order valence-corrected chi connectivity index (χ1v) is 10.5. The molecule has 3 aromatic rings. The van der Waals surface area contributed by atoms with Gasteiger partial charge >= 0.3 is 0 Å². The summed E-state index contributed by atoms with van der Waals surface area (Å²) in [6.07, 6.45) is 3.59. The molecule has 1 aromatic heterocycles. The molecule has 1 amide bonds. The number of aromatic nitrogens is 2. The highest BCUT2D eigenvalue weighted by Gasteiger charge is 2.37. The zero-order chi connectivity index (χ0) is 21.8. The maximum atomic E-state index is 13.6. The van der Waals surface area contributed by atoms with E-state index < -0.39 is 5.60 Å². The van der Waals surface area contributed by atoms with Gasteiger partial charge in [0.05, 0.1) is 24.3 Å². The van der Waals surface area contributed by atoms with Crippen LogP contribution in [0, 0.1) is 6.92 Å². The van der Waals surface area contributed by atoms with Crippen LogP contribution < -0.4 is 5.32 Å². The molecule has 2 aromatic carbocycles. The number of amides is 1. The van der Waals surface area contributed by atoms with Gasteiger partial charge in [-0.1, -0.05) is 30.3 Å². The average molecular weight is 420 g/mol. The molecular formula is C24H29N5O2. The third-order valence-electron chi connectivity index (χ3n) is 5.69. The van der Waals surface area contributed by atoms with Gasteiger partial charge in [0, 0.05) is 37.7 Å². The number of benzene rings is 2. The van der Waals surface area contributed by atoms with Crippen molar-refractivity contribution in [2.24, 2.45) is 0 Å². The minimum absolute atomic E-state index is 0.0879. The number of rotatable bonds is 5. The van der Waals surface area contributed by atoms with Crippen LogP contribution in [0.15, 0.2) is 67.0 Å². The number of likely N-dealkylation sites (N-methyl/N-ethyl adjacent to an activating group) is 1. The van der Waals surface area contributed by atoms with Crippen LogP contribution in [0.25, 0.3) is 0 Å². The number of anilines is 2. The summed E-state index contributed by atoms with van der Waals surface area (Å²) in [7, 11) is 1.98. The number of hydrogen-bond donors (Lipinski definition) is 2. The highest BCUT2D eigenvalue weighted by atomic mass is 16.3. The van der Waals surface area contributed by atoms with Crippen molar-refractivity contribution in [2.75, 3.05) is 38.5 Å². The lowest BCUT2D eigenvalue weighted by Crippen LogP contribution is -2.50. The van der Waals surface area contributed by atoms with Gasteiger partial charge in [-0.3, -0.25) is 4.79 Å². The number of β-amino-alcohol motifs (C(OH)–C–C–N with tert-alkyl or cyclic N) is 1. The standard InChI is InChI=1S/C24H29N5O2/c1-19-25-12-13-28(19)17-24(31)16-27(2)14-15-29(18-24)23(30)21-10-6-7-11-22(21)26-20-8-4-3-5-9-20/h3-13,26,31H,14-18H2,1-2H3/t24-/m0/s1. The lowest BCUT2D eigenvalue weighted by molar-refractivity contribution is -0.0116. The van der Waals surface area contributed by atoms with E-state index in [4.69, 9.17) is 0 Å². The first-order chi connectivity index (χ1) is 14.9. The number of aliphatic hydroxyl groups is 1. The lowest BCUT2D eigenvalue weighted by Gasteiger charge is -2.33. The van der Waals surface area contributed by atoms with Crippen LogP contribution >= 0.6 is 0 Å². The van der Waals surface area contributed by atoms with E-state index in [1.165, 1.54) is 0 Å². The van der Waals surface area contributed by atoms with Crippen molar-refractivity contribution in [1.29, 1.82) is 0 Å². The Balaban J connectivity index is 1.58. The normalized spacial score (nSPS) is 19.8. The van der Waals surface area contributed by atoms with Crippen molar-refractivity contribution < 1.29 is 9.90 Å². The maximum Gasteiger partial charge on any atom is 0.256 e. The summed E-state index contributed by atoms with van der Waals surface area (Å²) >= 11 is 0. The molecule has 0 bridgehead atoms. The van der Waals surface area contributed by atoms with Crippen molar-refractivity contribution in [2.45, 2.75) is 19.1 Å². The minimum Gasteiger partial charge on any atom is -0.385 e. The third kappa shape index (κ3) is 4.95. The maximum absolute atomic E-state index is 13.6. The van der Waals surface area contributed by atoms with E-state index in [1.54, 1.807) is 11.1 Å². The fourth-order valence-corrected chi connectivity index (χ4v) is 4.14. The minimum atomic E-state index is -1.08.